The molecule has 1 N–H and O–H groups in total. The van der Waals surface area contributed by atoms with Gasteiger partial charge >= 0.3 is 0 Å². The van der Waals surface area contributed by atoms with Crippen LogP contribution >= 0.6 is 0 Å². The van der Waals surface area contributed by atoms with Crippen molar-refractivity contribution in [2.75, 3.05) is 31.6 Å². The third kappa shape index (κ3) is 4.54. The summed E-state index contributed by atoms with van der Waals surface area (Å²) in [7, 11) is 0. The summed E-state index contributed by atoms with van der Waals surface area (Å²) < 4.78 is 17.1. The van der Waals surface area contributed by atoms with Crippen molar-refractivity contribution in [2.24, 2.45) is 0 Å². The van der Waals surface area contributed by atoms with Crippen LogP contribution in [-0.2, 0) is 16.0 Å². The number of nitrogens with one attached hydrogen (secondary N) is 1. The number of carbonyl (C=O) groups is 2. The molecule has 0 spiro atoms. The Labute approximate surface area is 190 Å². The van der Waals surface area contributed by atoms with Gasteiger partial charge < -0.3 is 23.8 Å². The van der Waals surface area contributed by atoms with Gasteiger partial charge in [0, 0.05) is 36.9 Å². The number of para-hydroxylation sites is 1. The van der Waals surface area contributed by atoms with Crippen LogP contribution in [0.5, 0.6) is 0 Å². The molecule has 3 heterocycles. The highest BCUT2D eigenvalue weighted by Gasteiger charge is 2.27. The molecule has 0 radical (unpaired) electrons. The Morgan fingerprint density at radius 1 is 0.879 bits per heavy atom. The van der Waals surface area contributed by atoms with Gasteiger partial charge in [0.15, 0.2) is 0 Å². The van der Waals surface area contributed by atoms with Crippen LogP contribution < -0.4 is 5.32 Å². The summed E-state index contributed by atoms with van der Waals surface area (Å²) in [6, 6.07) is 20.9. The number of hydrogen-bond acceptors (Lipinski definition) is 5. The van der Waals surface area contributed by atoms with Crippen LogP contribution in [0.3, 0.4) is 0 Å². The minimum Gasteiger partial charge on any atom is -0.461 e. The zero-order chi connectivity index (χ0) is 22.6. The molecule has 2 amide bonds. The summed E-state index contributed by atoms with van der Waals surface area (Å²) in [5.74, 6) is 1.19. The molecule has 4 aromatic rings. The number of amides is 2. The van der Waals surface area contributed by atoms with Gasteiger partial charge in [-0.1, -0.05) is 42.5 Å². The van der Waals surface area contributed by atoms with E-state index in [9.17, 15) is 9.59 Å². The lowest BCUT2D eigenvalue weighted by atomic mass is 10.2. The van der Waals surface area contributed by atoms with Crippen LogP contribution in [0.25, 0.3) is 22.3 Å². The highest BCUT2D eigenvalue weighted by Crippen LogP contribution is 2.32. The van der Waals surface area contributed by atoms with E-state index in [0.717, 1.165) is 17.1 Å². The molecule has 7 nitrogen and oxygen atoms in total. The zero-order valence-corrected chi connectivity index (χ0v) is 18.1. The van der Waals surface area contributed by atoms with Crippen LogP contribution in [0, 0.1) is 0 Å². The molecule has 1 fully saturated rings. The van der Waals surface area contributed by atoms with Gasteiger partial charge in [0.2, 0.25) is 11.7 Å². The average Bonchev–Trinajstić information content (AvgIpc) is 3.49. The second kappa shape index (κ2) is 9.34. The fourth-order valence-corrected chi connectivity index (χ4v) is 3.94. The fraction of sp³-hybridized carbons (Fsp3) is 0.231. The third-order valence-electron chi connectivity index (χ3n) is 5.67. The maximum atomic E-state index is 13.1. The fourth-order valence-electron chi connectivity index (χ4n) is 3.94. The molecule has 33 heavy (non-hydrogen) atoms. The number of hydrogen-bond donors (Lipinski definition) is 1. The van der Waals surface area contributed by atoms with Crippen molar-refractivity contribution in [3.8, 4) is 11.3 Å². The summed E-state index contributed by atoms with van der Waals surface area (Å²) in [6.07, 6.45) is 0.660. The lowest BCUT2D eigenvalue weighted by Gasteiger charge is -2.26. The van der Waals surface area contributed by atoms with Crippen molar-refractivity contribution in [2.45, 2.75) is 12.8 Å². The minimum absolute atomic E-state index is 0.149. The van der Waals surface area contributed by atoms with Gasteiger partial charge in [-0.3, -0.25) is 9.59 Å². The molecular weight excluding hydrogens is 420 g/mol. The molecule has 0 saturated carbocycles. The van der Waals surface area contributed by atoms with Gasteiger partial charge in [0.1, 0.15) is 22.8 Å². The molecule has 7 heteroatoms. The number of aryl methyl sites for hydroxylation is 1. The van der Waals surface area contributed by atoms with Crippen molar-refractivity contribution in [1.82, 2.24) is 4.90 Å². The van der Waals surface area contributed by atoms with Gasteiger partial charge in [-0.2, -0.15) is 0 Å². The van der Waals surface area contributed by atoms with Crippen LogP contribution in [0.15, 0.2) is 75.6 Å². The average molecular weight is 444 g/mol. The number of benzene rings is 2. The van der Waals surface area contributed by atoms with Crippen LogP contribution in [-0.4, -0.2) is 43.0 Å². The van der Waals surface area contributed by atoms with E-state index >= 15 is 0 Å². The number of ether oxygens (including phenoxy) is 1. The Morgan fingerprint density at radius 2 is 1.64 bits per heavy atom. The first-order valence-electron chi connectivity index (χ1n) is 11.0. The molecule has 0 bridgehead atoms. The summed E-state index contributed by atoms with van der Waals surface area (Å²) in [5, 5.41) is 3.61. The second-order valence-corrected chi connectivity index (χ2v) is 7.89. The zero-order valence-electron chi connectivity index (χ0n) is 18.1. The number of nitrogens with zero attached hydrogens (tertiary/aromatic N) is 1. The number of fused-ring (bicyclic) bond motifs is 1. The van der Waals surface area contributed by atoms with Crippen molar-refractivity contribution in [3.63, 3.8) is 0 Å². The molecule has 1 aliphatic rings. The highest BCUT2D eigenvalue weighted by molar-refractivity contribution is 6.10. The van der Waals surface area contributed by atoms with Gasteiger partial charge in [-0.05, 0) is 24.3 Å². The normalized spacial score (nSPS) is 13.9. The Hall–Kier alpha value is -3.84. The topological polar surface area (TPSA) is 84.9 Å². The Balaban J connectivity index is 1.31. The smallest absolute Gasteiger partial charge is 0.291 e. The molecular formula is C26H24N2O5. The molecule has 1 aliphatic heterocycles. The van der Waals surface area contributed by atoms with Gasteiger partial charge in [-0.15, -0.1) is 0 Å². The van der Waals surface area contributed by atoms with E-state index in [1.54, 1.807) is 11.0 Å². The van der Waals surface area contributed by atoms with Crippen LogP contribution in [0.1, 0.15) is 22.7 Å². The van der Waals surface area contributed by atoms with E-state index in [1.165, 1.54) is 0 Å². The Morgan fingerprint density at radius 3 is 2.45 bits per heavy atom. The summed E-state index contributed by atoms with van der Waals surface area (Å²) >= 11 is 0. The van der Waals surface area contributed by atoms with E-state index < -0.39 is 0 Å². The lowest BCUT2D eigenvalue weighted by molar-refractivity contribution is -0.116. The van der Waals surface area contributed by atoms with E-state index in [2.05, 4.69) is 5.32 Å². The molecule has 1 saturated heterocycles. The summed E-state index contributed by atoms with van der Waals surface area (Å²) in [5.41, 5.74) is 1.96. The van der Waals surface area contributed by atoms with Crippen LogP contribution in [0.2, 0.25) is 0 Å². The van der Waals surface area contributed by atoms with Crippen molar-refractivity contribution in [3.05, 3.63) is 78.3 Å². The summed E-state index contributed by atoms with van der Waals surface area (Å²) in [4.78, 5) is 27.6. The standard InChI is InChI=1S/C26H24N2O5/c29-23(13-11-19-10-12-21(32-19)18-6-2-1-3-7-18)27-24-20-8-4-5-9-22(20)33-25(24)26(30)28-14-16-31-17-15-28/h1-10,12H,11,13-17H2,(H,27,29). The lowest BCUT2D eigenvalue weighted by Crippen LogP contribution is -2.40. The first-order chi connectivity index (χ1) is 16.2. The predicted molar refractivity (Wildman–Crippen MR) is 124 cm³/mol. The summed E-state index contributed by atoms with van der Waals surface area (Å²) in [6.45, 7) is 1.96. The van der Waals surface area contributed by atoms with Crippen molar-refractivity contribution < 1.29 is 23.2 Å². The minimum atomic E-state index is -0.247. The van der Waals surface area contributed by atoms with E-state index in [4.69, 9.17) is 13.6 Å². The van der Waals surface area contributed by atoms with Crippen LogP contribution in [0.4, 0.5) is 5.69 Å². The number of furan rings is 2. The monoisotopic (exact) mass is 444 g/mol. The molecule has 2 aromatic heterocycles. The highest BCUT2D eigenvalue weighted by atomic mass is 16.5. The van der Waals surface area contributed by atoms with Gasteiger partial charge in [0.05, 0.1) is 13.2 Å². The molecule has 0 unspecified atom stereocenters. The largest absolute Gasteiger partial charge is 0.461 e. The Bertz CT molecular complexity index is 1270. The van der Waals surface area contributed by atoms with Crippen molar-refractivity contribution >= 4 is 28.5 Å². The number of morpholine rings is 1. The van der Waals surface area contributed by atoms with E-state index in [1.807, 2.05) is 60.7 Å². The molecule has 0 aliphatic carbocycles. The first-order valence-corrected chi connectivity index (χ1v) is 11.0. The van der Waals surface area contributed by atoms with Crippen molar-refractivity contribution in [1.29, 1.82) is 0 Å². The quantitative estimate of drug-likeness (QED) is 0.464. The molecule has 2 aromatic carbocycles. The number of rotatable bonds is 6. The van der Waals surface area contributed by atoms with E-state index in [0.29, 0.717) is 49.4 Å². The molecule has 5 rings (SSSR count). The Kier molecular flexibility index (Phi) is 5.95. The third-order valence-corrected chi connectivity index (χ3v) is 5.67. The molecule has 168 valence electrons. The maximum absolute atomic E-state index is 13.1. The molecule has 0 atom stereocenters. The van der Waals surface area contributed by atoms with Gasteiger partial charge in [-0.25, -0.2) is 0 Å². The predicted octanol–water partition coefficient (Wildman–Crippen LogP) is 4.74. The van der Waals surface area contributed by atoms with E-state index in [-0.39, 0.29) is 24.0 Å². The number of carbonyl (C=O) groups excluding carboxylic acids is 2. The first kappa shape index (κ1) is 21.0. The number of anilines is 1. The second-order valence-electron chi connectivity index (χ2n) is 7.89. The SMILES string of the molecule is O=C(CCc1ccc(-c2ccccc2)o1)Nc1c(C(=O)N2CCOCC2)oc2ccccc12. The van der Waals surface area contributed by atoms with Gasteiger partial charge in [0.25, 0.3) is 5.91 Å². The maximum Gasteiger partial charge on any atom is 0.291 e.